The van der Waals surface area contributed by atoms with E-state index in [-0.39, 0.29) is 12.0 Å². The third-order valence-electron chi connectivity index (χ3n) is 6.66. The van der Waals surface area contributed by atoms with Gasteiger partial charge in [-0.1, -0.05) is 0 Å². The largest absolute Gasteiger partial charge is 0.465 e. The zero-order valence-electron chi connectivity index (χ0n) is 11.9. The number of carbonyl (C=O) groups excluding carboxylic acids is 1. The molecule has 4 fully saturated rings. The SMILES string of the molecule is O=C(OCC12CC3CC4CC(C1)C4(C3)C2)C(F)(F)S(=O)(=O)O. The maximum atomic E-state index is 13.3. The minimum Gasteiger partial charge on any atom is -0.460 e. The zero-order valence-corrected chi connectivity index (χ0v) is 12.7. The number of ether oxygens (including phenoxy) is 1. The predicted molar refractivity (Wildman–Crippen MR) is 70.5 cm³/mol. The molecule has 0 aromatic heterocycles. The average molecular weight is 336 g/mol. The summed E-state index contributed by atoms with van der Waals surface area (Å²) in [6, 6.07) is 0. The fourth-order valence-corrected chi connectivity index (χ4v) is 6.38. The van der Waals surface area contributed by atoms with E-state index in [4.69, 9.17) is 4.55 Å². The van der Waals surface area contributed by atoms with Gasteiger partial charge in [0, 0.05) is 5.41 Å². The number of carbonyl (C=O) groups is 1. The van der Waals surface area contributed by atoms with Crippen molar-refractivity contribution in [2.24, 2.45) is 28.6 Å². The number of hydrogen-bond acceptors (Lipinski definition) is 4. The normalized spacial score (nSPS) is 45.5. The molecular weight excluding hydrogens is 318 g/mol. The number of rotatable bonds is 4. The average Bonchev–Trinajstić information content (AvgIpc) is 2.71. The summed E-state index contributed by atoms with van der Waals surface area (Å²) in [4.78, 5) is 11.4. The molecule has 0 aromatic rings. The monoisotopic (exact) mass is 336 g/mol. The molecule has 5 atom stereocenters. The minimum atomic E-state index is -5.79. The first-order chi connectivity index (χ1) is 10.1. The van der Waals surface area contributed by atoms with E-state index >= 15 is 0 Å². The first-order valence-electron chi connectivity index (χ1n) is 7.60. The van der Waals surface area contributed by atoms with Gasteiger partial charge in [0.05, 0.1) is 6.61 Å². The summed E-state index contributed by atoms with van der Waals surface area (Å²) in [5.41, 5.74) is 0.0602. The van der Waals surface area contributed by atoms with Crippen LogP contribution in [-0.4, -0.2) is 30.8 Å². The molecule has 5 unspecified atom stereocenters. The van der Waals surface area contributed by atoms with Crippen molar-refractivity contribution in [2.75, 3.05) is 6.61 Å². The van der Waals surface area contributed by atoms with E-state index in [0.29, 0.717) is 17.3 Å². The summed E-state index contributed by atoms with van der Waals surface area (Å²) in [5, 5.41) is -4.89. The molecule has 4 rings (SSSR count). The number of esters is 1. The van der Waals surface area contributed by atoms with Crippen LogP contribution in [0.2, 0.25) is 0 Å². The van der Waals surface area contributed by atoms with Gasteiger partial charge in [0.25, 0.3) is 0 Å². The van der Waals surface area contributed by atoms with E-state index in [1.54, 1.807) is 0 Å². The Balaban J connectivity index is 1.48. The van der Waals surface area contributed by atoms with Crippen molar-refractivity contribution >= 4 is 16.1 Å². The third kappa shape index (κ3) is 1.71. The van der Waals surface area contributed by atoms with E-state index in [1.807, 2.05) is 0 Å². The second-order valence-corrected chi connectivity index (χ2v) is 9.28. The van der Waals surface area contributed by atoms with E-state index in [2.05, 4.69) is 4.74 Å². The van der Waals surface area contributed by atoms with Crippen molar-refractivity contribution in [2.45, 2.75) is 43.8 Å². The van der Waals surface area contributed by atoms with Crippen LogP contribution in [0.15, 0.2) is 0 Å². The van der Waals surface area contributed by atoms with E-state index < -0.39 is 21.3 Å². The molecule has 124 valence electrons. The van der Waals surface area contributed by atoms with Crippen LogP contribution in [-0.2, 0) is 19.6 Å². The number of fused-ring (bicyclic) bond motifs is 2. The molecule has 0 aromatic carbocycles. The van der Waals surface area contributed by atoms with Crippen LogP contribution in [0.25, 0.3) is 0 Å². The first-order valence-corrected chi connectivity index (χ1v) is 9.04. The standard InChI is InChI=1S/C14H18F2O5S/c15-14(16,22(18,19)20)11(17)21-7-12-3-8-1-9-2-10(5-12)13(9,4-8)6-12/h8-10H,1-7H2,(H,18,19,20). The van der Waals surface area contributed by atoms with Crippen LogP contribution < -0.4 is 0 Å². The molecule has 1 N–H and O–H groups in total. The van der Waals surface area contributed by atoms with Crippen molar-refractivity contribution < 1.29 is 31.3 Å². The Bertz CT molecular complexity index is 644. The smallest absolute Gasteiger partial charge is 0.460 e. The molecule has 0 radical (unpaired) electrons. The Morgan fingerprint density at radius 2 is 1.95 bits per heavy atom. The first kappa shape index (κ1) is 14.8. The Hall–Kier alpha value is -0.760. The maximum absolute atomic E-state index is 13.3. The van der Waals surface area contributed by atoms with Crippen molar-refractivity contribution in [3.8, 4) is 0 Å². The molecule has 8 heteroatoms. The van der Waals surface area contributed by atoms with Crippen molar-refractivity contribution in [3.63, 3.8) is 0 Å². The third-order valence-corrected chi connectivity index (χ3v) is 7.47. The highest BCUT2D eigenvalue weighted by atomic mass is 32.2. The number of hydrogen-bond donors (Lipinski definition) is 1. The Labute approximate surface area is 127 Å². The highest BCUT2D eigenvalue weighted by molar-refractivity contribution is 7.87. The lowest BCUT2D eigenvalue weighted by Gasteiger charge is -2.49. The molecule has 5 nitrogen and oxygen atoms in total. The van der Waals surface area contributed by atoms with Gasteiger partial charge in [0.2, 0.25) is 0 Å². The summed E-state index contributed by atoms with van der Waals surface area (Å²) in [6.45, 7) is -0.168. The fourth-order valence-electron chi connectivity index (χ4n) is 6.11. The number of halogens is 2. The van der Waals surface area contributed by atoms with Gasteiger partial charge in [-0.15, -0.1) is 0 Å². The summed E-state index contributed by atoms with van der Waals surface area (Å²) in [7, 11) is -5.79. The summed E-state index contributed by atoms with van der Waals surface area (Å²) >= 11 is 0. The molecule has 4 aliphatic carbocycles. The van der Waals surface area contributed by atoms with Crippen molar-refractivity contribution in [1.29, 1.82) is 0 Å². The van der Waals surface area contributed by atoms with Gasteiger partial charge in [-0.25, -0.2) is 4.79 Å². The molecule has 3 bridgehead atoms. The van der Waals surface area contributed by atoms with Crippen LogP contribution in [0, 0.1) is 28.6 Å². The Kier molecular flexibility index (Phi) is 2.70. The molecule has 0 aliphatic heterocycles. The molecular formula is C14H18F2O5S. The van der Waals surface area contributed by atoms with Gasteiger partial charge < -0.3 is 4.74 Å². The summed E-state index contributed by atoms with van der Waals surface area (Å²) in [6.07, 6.45) is 6.23. The maximum Gasteiger partial charge on any atom is 0.465 e. The van der Waals surface area contributed by atoms with Crippen LogP contribution >= 0.6 is 0 Å². The second kappa shape index (κ2) is 4.01. The van der Waals surface area contributed by atoms with Crippen molar-refractivity contribution in [3.05, 3.63) is 0 Å². The topological polar surface area (TPSA) is 80.7 Å². The van der Waals surface area contributed by atoms with Gasteiger partial charge in [0.1, 0.15) is 0 Å². The predicted octanol–water partition coefficient (Wildman–Crippen LogP) is 2.23. The summed E-state index contributed by atoms with van der Waals surface area (Å²) in [5.74, 6) is -0.254. The highest BCUT2D eigenvalue weighted by Gasteiger charge is 2.71. The Morgan fingerprint density at radius 3 is 2.64 bits per heavy atom. The molecule has 1 spiro atoms. The summed E-state index contributed by atoms with van der Waals surface area (Å²) < 4.78 is 60.8. The van der Waals surface area contributed by atoms with E-state index in [0.717, 1.165) is 25.2 Å². The quantitative estimate of drug-likeness (QED) is 0.629. The second-order valence-electron chi connectivity index (χ2n) is 7.82. The lowest BCUT2D eigenvalue weighted by molar-refractivity contribution is -0.166. The van der Waals surface area contributed by atoms with Crippen LogP contribution in [0.1, 0.15) is 38.5 Å². The van der Waals surface area contributed by atoms with Gasteiger partial charge >= 0.3 is 21.3 Å². The van der Waals surface area contributed by atoms with Crippen LogP contribution in [0.3, 0.4) is 0 Å². The Morgan fingerprint density at radius 1 is 1.23 bits per heavy atom. The van der Waals surface area contributed by atoms with Crippen molar-refractivity contribution in [1.82, 2.24) is 0 Å². The van der Waals surface area contributed by atoms with E-state index in [9.17, 15) is 22.0 Å². The van der Waals surface area contributed by atoms with Crippen LogP contribution in [0.4, 0.5) is 8.78 Å². The van der Waals surface area contributed by atoms with Gasteiger partial charge in [-0.2, -0.15) is 17.2 Å². The molecule has 4 saturated carbocycles. The fraction of sp³-hybridized carbons (Fsp3) is 0.929. The zero-order chi connectivity index (χ0) is 16.0. The van der Waals surface area contributed by atoms with Gasteiger partial charge in [-0.3, -0.25) is 4.55 Å². The number of alkyl halides is 2. The highest BCUT2D eigenvalue weighted by Crippen LogP contribution is 2.78. The van der Waals surface area contributed by atoms with E-state index in [1.165, 1.54) is 19.3 Å². The minimum absolute atomic E-state index is 0.168. The van der Waals surface area contributed by atoms with Gasteiger partial charge in [0.15, 0.2) is 0 Å². The van der Waals surface area contributed by atoms with Crippen LogP contribution in [0.5, 0.6) is 0 Å². The molecule has 22 heavy (non-hydrogen) atoms. The molecule has 0 saturated heterocycles. The van der Waals surface area contributed by atoms with Gasteiger partial charge in [-0.05, 0) is 61.7 Å². The lowest BCUT2D eigenvalue weighted by atomic mass is 9.55. The molecule has 0 amide bonds. The lowest BCUT2D eigenvalue weighted by Crippen LogP contribution is -2.43. The molecule has 4 aliphatic rings. The molecule has 0 heterocycles.